The number of rotatable bonds is 9. The zero-order valence-corrected chi connectivity index (χ0v) is 19.0. The summed E-state index contributed by atoms with van der Waals surface area (Å²) >= 11 is 0. The summed E-state index contributed by atoms with van der Waals surface area (Å²) in [5.74, 6) is 1.19. The summed E-state index contributed by atoms with van der Waals surface area (Å²) in [5.41, 5.74) is 9.16. The van der Waals surface area contributed by atoms with Crippen molar-refractivity contribution < 1.29 is 14.3 Å². The van der Waals surface area contributed by atoms with E-state index in [9.17, 15) is 4.79 Å². The highest BCUT2D eigenvalue weighted by Crippen LogP contribution is 2.25. The van der Waals surface area contributed by atoms with Crippen LogP contribution in [0, 0.1) is 19.8 Å². The van der Waals surface area contributed by atoms with Crippen LogP contribution in [0.2, 0.25) is 0 Å². The van der Waals surface area contributed by atoms with Crippen LogP contribution >= 0.6 is 0 Å². The molecule has 0 amide bonds. The highest BCUT2D eigenvalue weighted by molar-refractivity contribution is 5.73. The topological polar surface area (TPSA) is 130 Å². The number of nitrogens with one attached hydrogen (secondary N) is 1. The number of nitrogens with two attached hydrogens (primary N) is 1. The molecule has 0 aliphatic rings. The molecular formula is C22H29N7O3. The first-order chi connectivity index (χ1) is 15.3. The molecule has 0 atom stereocenters. The van der Waals surface area contributed by atoms with Crippen molar-refractivity contribution in [3.05, 3.63) is 47.0 Å². The standard InChI is InChI=1S/C22H29N7O3/c1-13(2)11-29-15(4)16(14(3)28-29)10-20(30)32-12-19-25-21(23)27-22(26-19)24-17-8-6-7-9-18(17)31-5/h6-9,13H,10-12H2,1-5H3,(H3,23,24,25,26,27). The quantitative estimate of drug-likeness (QED) is 0.483. The number of carbonyl (C=O) groups is 1. The van der Waals surface area contributed by atoms with Gasteiger partial charge in [0, 0.05) is 17.8 Å². The maximum atomic E-state index is 12.5. The molecular weight excluding hydrogens is 410 g/mol. The second-order valence-corrected chi connectivity index (χ2v) is 7.82. The Hall–Kier alpha value is -3.69. The molecule has 0 saturated carbocycles. The van der Waals surface area contributed by atoms with Crippen LogP contribution in [-0.2, 0) is 29.1 Å². The molecule has 0 bridgehead atoms. The molecule has 10 nitrogen and oxygen atoms in total. The number of benzene rings is 1. The summed E-state index contributed by atoms with van der Waals surface area (Å²) in [6.07, 6.45) is 0.128. The summed E-state index contributed by atoms with van der Waals surface area (Å²) in [6.45, 7) is 8.80. The van der Waals surface area contributed by atoms with Crippen molar-refractivity contribution in [2.24, 2.45) is 5.92 Å². The van der Waals surface area contributed by atoms with Crippen molar-refractivity contribution >= 4 is 23.6 Å². The van der Waals surface area contributed by atoms with Gasteiger partial charge in [0.15, 0.2) is 12.4 Å². The van der Waals surface area contributed by atoms with Crippen LogP contribution < -0.4 is 15.8 Å². The fourth-order valence-corrected chi connectivity index (χ4v) is 3.28. The summed E-state index contributed by atoms with van der Waals surface area (Å²) in [5, 5.41) is 7.59. The van der Waals surface area contributed by atoms with E-state index >= 15 is 0 Å². The lowest BCUT2D eigenvalue weighted by Crippen LogP contribution is -2.13. The molecule has 1 aromatic carbocycles. The Labute approximate surface area is 187 Å². The van der Waals surface area contributed by atoms with E-state index in [1.54, 1.807) is 7.11 Å². The van der Waals surface area contributed by atoms with Crippen LogP contribution in [0.3, 0.4) is 0 Å². The molecule has 3 aromatic rings. The molecule has 2 aromatic heterocycles. The Bertz CT molecular complexity index is 1100. The minimum Gasteiger partial charge on any atom is -0.495 e. The van der Waals surface area contributed by atoms with Gasteiger partial charge >= 0.3 is 5.97 Å². The molecule has 0 spiro atoms. The summed E-state index contributed by atoms with van der Waals surface area (Å²) in [6, 6.07) is 7.34. The lowest BCUT2D eigenvalue weighted by molar-refractivity contribution is -0.144. The molecule has 0 aliphatic carbocycles. The lowest BCUT2D eigenvalue weighted by Gasteiger charge is -2.11. The van der Waals surface area contributed by atoms with Gasteiger partial charge in [-0.3, -0.25) is 9.48 Å². The Balaban J connectivity index is 1.66. The minimum atomic E-state index is -0.390. The third-order valence-electron chi connectivity index (χ3n) is 4.81. The van der Waals surface area contributed by atoms with Gasteiger partial charge in [-0.05, 0) is 31.9 Å². The van der Waals surface area contributed by atoms with Crippen LogP contribution in [0.4, 0.5) is 17.6 Å². The highest BCUT2D eigenvalue weighted by atomic mass is 16.5. The van der Waals surface area contributed by atoms with Crippen molar-refractivity contribution in [3.63, 3.8) is 0 Å². The van der Waals surface area contributed by atoms with E-state index in [0.29, 0.717) is 17.4 Å². The Morgan fingerprint density at radius 1 is 1.19 bits per heavy atom. The molecule has 0 radical (unpaired) electrons. The normalized spacial score (nSPS) is 10.9. The maximum Gasteiger partial charge on any atom is 0.310 e. The molecule has 3 N–H and O–H groups in total. The third kappa shape index (κ3) is 5.71. The van der Waals surface area contributed by atoms with E-state index in [-0.39, 0.29) is 30.7 Å². The highest BCUT2D eigenvalue weighted by Gasteiger charge is 2.17. The predicted molar refractivity (Wildman–Crippen MR) is 121 cm³/mol. The zero-order valence-electron chi connectivity index (χ0n) is 19.0. The van der Waals surface area contributed by atoms with Crippen LogP contribution in [0.15, 0.2) is 24.3 Å². The van der Waals surface area contributed by atoms with E-state index < -0.39 is 5.97 Å². The molecule has 170 valence electrons. The fourth-order valence-electron chi connectivity index (χ4n) is 3.28. The van der Waals surface area contributed by atoms with Crippen LogP contribution in [-0.4, -0.2) is 37.8 Å². The molecule has 10 heteroatoms. The van der Waals surface area contributed by atoms with Gasteiger partial charge in [0.05, 0.1) is 24.9 Å². The number of esters is 1. The first kappa shape index (κ1) is 23.0. The lowest BCUT2D eigenvalue weighted by atomic mass is 10.1. The second kappa shape index (κ2) is 10.1. The largest absolute Gasteiger partial charge is 0.495 e. The minimum absolute atomic E-state index is 0.0186. The van der Waals surface area contributed by atoms with Gasteiger partial charge in [-0.1, -0.05) is 26.0 Å². The molecule has 0 aliphatic heterocycles. The van der Waals surface area contributed by atoms with Gasteiger partial charge < -0.3 is 20.5 Å². The van der Waals surface area contributed by atoms with E-state index in [4.69, 9.17) is 15.2 Å². The molecule has 0 saturated heterocycles. The number of hydrogen-bond acceptors (Lipinski definition) is 9. The van der Waals surface area contributed by atoms with Crippen LogP contribution in [0.25, 0.3) is 0 Å². The summed E-state index contributed by atoms with van der Waals surface area (Å²) in [4.78, 5) is 24.9. The Kier molecular flexibility index (Phi) is 7.24. The third-order valence-corrected chi connectivity index (χ3v) is 4.81. The van der Waals surface area contributed by atoms with Gasteiger partial charge in [0.2, 0.25) is 11.9 Å². The van der Waals surface area contributed by atoms with Gasteiger partial charge in [0.25, 0.3) is 0 Å². The molecule has 0 unspecified atom stereocenters. The van der Waals surface area contributed by atoms with E-state index in [1.165, 1.54) is 0 Å². The number of para-hydroxylation sites is 2. The van der Waals surface area contributed by atoms with Crippen molar-refractivity contribution in [2.45, 2.75) is 47.3 Å². The number of carbonyl (C=O) groups excluding carboxylic acids is 1. The predicted octanol–water partition coefficient (Wildman–Crippen LogP) is 2.96. The summed E-state index contributed by atoms with van der Waals surface area (Å²) in [7, 11) is 1.57. The fraction of sp³-hybridized carbons (Fsp3) is 0.409. The first-order valence-electron chi connectivity index (χ1n) is 10.4. The molecule has 0 fully saturated rings. The van der Waals surface area contributed by atoms with E-state index in [1.807, 2.05) is 42.8 Å². The second-order valence-electron chi connectivity index (χ2n) is 7.82. The van der Waals surface area contributed by atoms with Crippen molar-refractivity contribution in [3.8, 4) is 5.75 Å². The van der Waals surface area contributed by atoms with E-state index in [2.05, 4.69) is 39.2 Å². The number of nitrogens with zero attached hydrogens (tertiary/aromatic N) is 5. The number of ether oxygens (including phenoxy) is 2. The summed E-state index contributed by atoms with van der Waals surface area (Å²) < 4.78 is 12.7. The van der Waals surface area contributed by atoms with Gasteiger partial charge in [0.1, 0.15) is 5.75 Å². The van der Waals surface area contributed by atoms with Crippen molar-refractivity contribution in [2.75, 3.05) is 18.2 Å². The van der Waals surface area contributed by atoms with Crippen molar-refractivity contribution in [1.82, 2.24) is 24.7 Å². The monoisotopic (exact) mass is 439 g/mol. The average Bonchev–Trinajstić information content (AvgIpc) is 2.99. The number of nitrogen functional groups attached to an aromatic ring is 1. The van der Waals surface area contributed by atoms with Crippen LogP contribution in [0.5, 0.6) is 5.75 Å². The van der Waals surface area contributed by atoms with Gasteiger partial charge in [-0.2, -0.15) is 20.1 Å². The average molecular weight is 440 g/mol. The Morgan fingerprint density at radius 3 is 2.66 bits per heavy atom. The number of hydrogen-bond donors (Lipinski definition) is 2. The van der Waals surface area contributed by atoms with Gasteiger partial charge in [-0.15, -0.1) is 0 Å². The Morgan fingerprint density at radius 2 is 1.94 bits per heavy atom. The smallest absolute Gasteiger partial charge is 0.310 e. The molecule has 2 heterocycles. The van der Waals surface area contributed by atoms with Crippen LogP contribution in [0.1, 0.15) is 36.6 Å². The molecule has 32 heavy (non-hydrogen) atoms. The number of aromatic nitrogens is 5. The first-order valence-corrected chi connectivity index (χ1v) is 10.4. The number of methoxy groups -OCH3 is 1. The van der Waals surface area contributed by atoms with Crippen molar-refractivity contribution in [1.29, 1.82) is 0 Å². The molecule has 3 rings (SSSR count). The zero-order chi connectivity index (χ0) is 23.3. The maximum absolute atomic E-state index is 12.5. The number of aryl methyl sites for hydroxylation is 1. The SMILES string of the molecule is COc1ccccc1Nc1nc(N)nc(COC(=O)Cc2c(C)nn(CC(C)C)c2C)n1. The number of anilines is 3. The van der Waals surface area contributed by atoms with Gasteiger partial charge in [-0.25, -0.2) is 0 Å². The van der Waals surface area contributed by atoms with E-state index in [0.717, 1.165) is 23.5 Å².